The quantitative estimate of drug-likeness (QED) is 0.417. The third kappa shape index (κ3) is 5.34. The van der Waals surface area contributed by atoms with Crippen LogP contribution in [-0.2, 0) is 0 Å². The van der Waals surface area contributed by atoms with Crippen molar-refractivity contribution < 1.29 is 24.8 Å². The predicted octanol–water partition coefficient (Wildman–Crippen LogP) is 4.16. The van der Waals surface area contributed by atoms with E-state index in [0.29, 0.717) is 11.1 Å². The summed E-state index contributed by atoms with van der Waals surface area (Å²) in [4.78, 5) is 0. The van der Waals surface area contributed by atoms with Crippen molar-refractivity contribution in [1.82, 2.24) is 0 Å². The number of rotatable bonds is 11. The fraction of sp³-hybridized carbons (Fsp3) is 0.579. The van der Waals surface area contributed by atoms with Gasteiger partial charge in [-0.2, -0.15) is 0 Å². The molecule has 0 fully saturated rings. The number of allylic oxidation sites excluding steroid dienone is 1. The van der Waals surface area contributed by atoms with Gasteiger partial charge in [0.1, 0.15) is 0 Å². The van der Waals surface area contributed by atoms with Crippen LogP contribution in [-0.4, -0.2) is 36.1 Å². The lowest BCUT2D eigenvalue weighted by molar-refractivity contribution is 0.282. The van der Waals surface area contributed by atoms with Crippen molar-refractivity contribution in [3.63, 3.8) is 0 Å². The van der Waals surface area contributed by atoms with Gasteiger partial charge in [0.25, 0.3) is 0 Å². The fourth-order valence-corrected chi connectivity index (χ4v) is 2.68. The Hall–Kier alpha value is -1.88. The number of phenols is 2. The minimum Gasteiger partial charge on any atom is -0.504 e. The SMILES string of the molecule is COc1c(O)c(C)c(C=CCCCCCCCCO)c(O)c1OC. The Kier molecular flexibility index (Phi) is 9.08. The van der Waals surface area contributed by atoms with Crippen molar-refractivity contribution in [2.75, 3.05) is 20.8 Å². The van der Waals surface area contributed by atoms with Crippen LogP contribution in [0.25, 0.3) is 6.08 Å². The van der Waals surface area contributed by atoms with E-state index in [0.717, 1.165) is 38.5 Å². The van der Waals surface area contributed by atoms with Crippen molar-refractivity contribution >= 4 is 6.08 Å². The highest BCUT2D eigenvalue weighted by Crippen LogP contribution is 2.48. The average Bonchev–Trinajstić information content (AvgIpc) is 2.58. The number of phenolic OH excluding ortho intramolecular Hbond substituents is 2. The smallest absolute Gasteiger partial charge is 0.207 e. The molecule has 0 radical (unpaired) electrons. The van der Waals surface area contributed by atoms with Crippen molar-refractivity contribution in [2.45, 2.75) is 51.9 Å². The summed E-state index contributed by atoms with van der Waals surface area (Å²) in [5.74, 6) is 0.247. The van der Waals surface area contributed by atoms with Crippen LogP contribution in [0.1, 0.15) is 56.1 Å². The molecule has 5 heteroatoms. The molecule has 0 aromatic heterocycles. The van der Waals surface area contributed by atoms with Gasteiger partial charge in [-0.15, -0.1) is 0 Å². The predicted molar refractivity (Wildman–Crippen MR) is 96.1 cm³/mol. The summed E-state index contributed by atoms with van der Waals surface area (Å²) >= 11 is 0. The van der Waals surface area contributed by atoms with Gasteiger partial charge in [0.15, 0.2) is 11.5 Å². The number of aliphatic hydroxyl groups is 1. The van der Waals surface area contributed by atoms with Crippen LogP contribution in [0.5, 0.6) is 23.0 Å². The molecule has 1 aromatic rings. The first kappa shape index (κ1) is 20.2. The average molecular weight is 338 g/mol. The Morgan fingerprint density at radius 2 is 1.38 bits per heavy atom. The number of benzene rings is 1. The van der Waals surface area contributed by atoms with Gasteiger partial charge in [-0.25, -0.2) is 0 Å². The topological polar surface area (TPSA) is 79.2 Å². The van der Waals surface area contributed by atoms with Gasteiger partial charge in [0, 0.05) is 17.7 Å². The molecular formula is C19H30O5. The molecule has 24 heavy (non-hydrogen) atoms. The molecule has 0 atom stereocenters. The summed E-state index contributed by atoms with van der Waals surface area (Å²) in [5, 5.41) is 29.2. The van der Waals surface area contributed by atoms with Crippen LogP contribution in [0, 0.1) is 6.92 Å². The molecule has 1 rings (SSSR count). The van der Waals surface area contributed by atoms with Crippen LogP contribution < -0.4 is 9.47 Å². The van der Waals surface area contributed by atoms with E-state index >= 15 is 0 Å². The molecule has 0 spiro atoms. The highest BCUT2D eigenvalue weighted by atomic mass is 16.5. The maximum absolute atomic E-state index is 10.3. The van der Waals surface area contributed by atoms with Gasteiger partial charge >= 0.3 is 0 Å². The summed E-state index contributed by atoms with van der Waals surface area (Å²) in [6.07, 6.45) is 11.3. The third-order valence-electron chi connectivity index (χ3n) is 4.12. The highest BCUT2D eigenvalue weighted by Gasteiger charge is 2.21. The number of methoxy groups -OCH3 is 2. The first-order chi connectivity index (χ1) is 11.6. The van der Waals surface area contributed by atoms with Crippen LogP contribution in [0.4, 0.5) is 0 Å². The number of aromatic hydroxyl groups is 2. The molecule has 0 aliphatic rings. The Morgan fingerprint density at radius 3 is 1.96 bits per heavy atom. The number of aliphatic hydroxyl groups excluding tert-OH is 1. The molecule has 136 valence electrons. The second-order valence-electron chi connectivity index (χ2n) is 5.84. The van der Waals surface area contributed by atoms with Gasteiger partial charge in [-0.1, -0.05) is 37.8 Å². The van der Waals surface area contributed by atoms with E-state index in [2.05, 4.69) is 0 Å². The van der Waals surface area contributed by atoms with Crippen LogP contribution in [0.15, 0.2) is 6.08 Å². The fourth-order valence-electron chi connectivity index (χ4n) is 2.68. The van der Waals surface area contributed by atoms with E-state index in [4.69, 9.17) is 14.6 Å². The molecule has 0 amide bonds. The van der Waals surface area contributed by atoms with E-state index in [1.807, 2.05) is 12.2 Å². The first-order valence-corrected chi connectivity index (χ1v) is 8.52. The third-order valence-corrected chi connectivity index (χ3v) is 4.12. The van der Waals surface area contributed by atoms with Gasteiger partial charge in [0.05, 0.1) is 14.2 Å². The summed E-state index contributed by atoms with van der Waals surface area (Å²) in [7, 11) is 2.85. The summed E-state index contributed by atoms with van der Waals surface area (Å²) < 4.78 is 10.3. The van der Waals surface area contributed by atoms with E-state index < -0.39 is 0 Å². The van der Waals surface area contributed by atoms with Crippen LogP contribution in [0.3, 0.4) is 0 Å². The van der Waals surface area contributed by atoms with Crippen molar-refractivity contribution in [2.24, 2.45) is 0 Å². The zero-order chi connectivity index (χ0) is 17.9. The van der Waals surface area contributed by atoms with Crippen molar-refractivity contribution in [1.29, 1.82) is 0 Å². The standard InChI is InChI=1S/C19H30O5/c1-14-15(12-10-8-6-4-5-7-9-11-13-20)17(22)19(24-3)18(23-2)16(14)21/h10,12,20-22H,4-9,11,13H2,1-3H3. The number of hydrogen-bond acceptors (Lipinski definition) is 5. The van der Waals surface area contributed by atoms with Crippen LogP contribution >= 0.6 is 0 Å². The summed E-state index contributed by atoms with van der Waals surface area (Å²) in [6.45, 7) is 2.02. The molecule has 5 nitrogen and oxygen atoms in total. The largest absolute Gasteiger partial charge is 0.504 e. The molecule has 1 aromatic carbocycles. The van der Waals surface area contributed by atoms with Gasteiger partial charge < -0.3 is 24.8 Å². The second-order valence-corrected chi connectivity index (χ2v) is 5.84. The Balaban J connectivity index is 2.63. The van der Waals surface area contributed by atoms with E-state index in [1.54, 1.807) is 6.92 Å². The molecule has 0 aliphatic heterocycles. The van der Waals surface area contributed by atoms with E-state index in [9.17, 15) is 10.2 Å². The summed E-state index contributed by atoms with van der Waals surface area (Å²) in [6, 6.07) is 0. The zero-order valence-corrected chi connectivity index (χ0v) is 15.0. The lowest BCUT2D eigenvalue weighted by Crippen LogP contribution is -1.96. The van der Waals surface area contributed by atoms with Gasteiger partial charge in [-0.3, -0.25) is 0 Å². The van der Waals surface area contributed by atoms with Gasteiger partial charge in [-0.05, 0) is 26.2 Å². The Bertz CT molecular complexity index is 537. The maximum atomic E-state index is 10.3. The maximum Gasteiger partial charge on any atom is 0.207 e. The number of unbranched alkanes of at least 4 members (excludes halogenated alkanes) is 6. The molecule has 0 heterocycles. The molecule has 0 unspecified atom stereocenters. The molecule has 0 saturated heterocycles. The minimum absolute atomic E-state index is 0.0179. The Morgan fingerprint density at radius 1 is 0.833 bits per heavy atom. The first-order valence-electron chi connectivity index (χ1n) is 8.52. The molecule has 0 aliphatic carbocycles. The number of hydrogen-bond donors (Lipinski definition) is 3. The van der Waals surface area contributed by atoms with Gasteiger partial charge in [0.2, 0.25) is 11.5 Å². The Labute approximate surface area is 144 Å². The normalized spacial score (nSPS) is 11.2. The number of ether oxygens (including phenoxy) is 2. The van der Waals surface area contributed by atoms with E-state index in [-0.39, 0.29) is 29.6 Å². The zero-order valence-electron chi connectivity index (χ0n) is 15.0. The minimum atomic E-state index is -0.0232. The molecule has 0 bridgehead atoms. The second kappa shape index (κ2) is 10.8. The van der Waals surface area contributed by atoms with E-state index in [1.165, 1.54) is 20.6 Å². The van der Waals surface area contributed by atoms with Crippen molar-refractivity contribution in [3.8, 4) is 23.0 Å². The molecule has 3 N–H and O–H groups in total. The molecular weight excluding hydrogens is 308 g/mol. The molecule has 0 saturated carbocycles. The monoisotopic (exact) mass is 338 g/mol. The summed E-state index contributed by atoms with van der Waals surface area (Å²) in [5.41, 5.74) is 1.11. The lowest BCUT2D eigenvalue weighted by atomic mass is 10.0. The van der Waals surface area contributed by atoms with Crippen molar-refractivity contribution in [3.05, 3.63) is 17.2 Å². The van der Waals surface area contributed by atoms with Crippen LogP contribution in [0.2, 0.25) is 0 Å². The highest BCUT2D eigenvalue weighted by molar-refractivity contribution is 5.74. The lowest BCUT2D eigenvalue weighted by Gasteiger charge is -2.16.